The van der Waals surface area contributed by atoms with Crippen molar-refractivity contribution in [2.75, 3.05) is 5.32 Å². The monoisotopic (exact) mass is 275 g/mol. The summed E-state index contributed by atoms with van der Waals surface area (Å²) >= 11 is 0. The van der Waals surface area contributed by atoms with Gasteiger partial charge in [-0.15, -0.1) is 0 Å². The number of nitrogens with one attached hydrogen (secondary N) is 1. The Morgan fingerprint density at radius 1 is 1.00 bits per heavy atom. The summed E-state index contributed by atoms with van der Waals surface area (Å²) in [4.78, 5) is 0. The lowest BCUT2D eigenvalue weighted by atomic mass is 9.71. The number of furan rings is 1. The van der Waals surface area contributed by atoms with Crippen molar-refractivity contribution in [2.24, 2.45) is 11.8 Å². The number of benzene rings is 2. The lowest BCUT2D eigenvalue weighted by Crippen LogP contribution is -2.43. The van der Waals surface area contributed by atoms with Crippen molar-refractivity contribution >= 4 is 27.6 Å². The molecule has 1 heterocycles. The molecule has 2 aromatic carbocycles. The van der Waals surface area contributed by atoms with Gasteiger partial charge < -0.3 is 9.73 Å². The van der Waals surface area contributed by atoms with Gasteiger partial charge in [0, 0.05) is 28.4 Å². The molecule has 21 heavy (non-hydrogen) atoms. The summed E-state index contributed by atoms with van der Waals surface area (Å²) in [7, 11) is 0. The van der Waals surface area contributed by atoms with E-state index < -0.39 is 0 Å². The summed E-state index contributed by atoms with van der Waals surface area (Å²) in [6.45, 7) is 0. The number of rotatable bonds is 2. The van der Waals surface area contributed by atoms with E-state index in [-0.39, 0.29) is 0 Å². The normalized spacial score (nSPS) is 27.0. The Balaban J connectivity index is 1.52. The number of anilines is 1. The van der Waals surface area contributed by atoms with Crippen LogP contribution in [0, 0.1) is 11.8 Å². The van der Waals surface area contributed by atoms with Gasteiger partial charge in [0.1, 0.15) is 11.2 Å². The van der Waals surface area contributed by atoms with E-state index in [1.165, 1.54) is 29.3 Å². The highest BCUT2D eigenvalue weighted by Crippen LogP contribution is 2.44. The average molecular weight is 275 g/mol. The largest absolute Gasteiger partial charge is 0.456 e. The van der Waals surface area contributed by atoms with E-state index in [1.807, 2.05) is 12.1 Å². The molecule has 0 radical (unpaired) electrons. The Morgan fingerprint density at radius 3 is 2.86 bits per heavy atom. The van der Waals surface area contributed by atoms with Crippen LogP contribution in [0.2, 0.25) is 0 Å². The molecular weight excluding hydrogens is 258 g/mol. The van der Waals surface area contributed by atoms with Crippen molar-refractivity contribution in [3.8, 4) is 0 Å². The third kappa shape index (κ3) is 1.65. The maximum atomic E-state index is 5.88. The fourth-order valence-electron chi connectivity index (χ4n) is 3.91. The molecule has 0 spiro atoms. The quantitative estimate of drug-likeness (QED) is 0.668. The molecule has 2 aliphatic carbocycles. The fourth-order valence-corrected chi connectivity index (χ4v) is 3.91. The number of fused-ring (bicyclic) bond motifs is 4. The lowest BCUT2D eigenvalue weighted by molar-refractivity contribution is 0.218. The summed E-state index contributed by atoms with van der Waals surface area (Å²) < 4.78 is 5.88. The first-order valence-electron chi connectivity index (χ1n) is 7.73. The smallest absolute Gasteiger partial charge is 0.135 e. The van der Waals surface area contributed by atoms with Crippen molar-refractivity contribution in [1.29, 1.82) is 0 Å². The summed E-state index contributed by atoms with van der Waals surface area (Å²) in [5.74, 6) is 1.63. The van der Waals surface area contributed by atoms with Crippen molar-refractivity contribution in [2.45, 2.75) is 18.9 Å². The molecule has 1 saturated carbocycles. The highest BCUT2D eigenvalue weighted by atomic mass is 16.3. The van der Waals surface area contributed by atoms with Crippen LogP contribution in [-0.4, -0.2) is 6.04 Å². The van der Waals surface area contributed by atoms with Crippen molar-refractivity contribution in [1.82, 2.24) is 0 Å². The molecule has 3 atom stereocenters. The van der Waals surface area contributed by atoms with Gasteiger partial charge in [0.25, 0.3) is 0 Å². The molecular formula is C19H17NO. The Kier molecular flexibility index (Phi) is 2.25. The molecule has 0 aliphatic heterocycles. The van der Waals surface area contributed by atoms with E-state index in [0.717, 1.165) is 23.0 Å². The minimum atomic E-state index is 0.601. The van der Waals surface area contributed by atoms with Gasteiger partial charge in [-0.2, -0.15) is 0 Å². The molecule has 3 aromatic rings. The standard InChI is InChI=1S/C19H17NO/c1-2-7-18-15(5-1)16-11-13(8-9-19(16)21-18)20-17-10-12-4-3-6-14(12)17/h1-3,5-9,11-12,14,17,20H,4,10H2. The second-order valence-electron chi connectivity index (χ2n) is 6.30. The molecule has 2 aliphatic rings. The minimum Gasteiger partial charge on any atom is -0.456 e. The molecule has 104 valence electrons. The second-order valence-corrected chi connectivity index (χ2v) is 6.30. The SMILES string of the molecule is C1=CC2C(C1)CC2Nc1ccc2oc3ccccc3c2c1. The van der Waals surface area contributed by atoms with Crippen molar-refractivity contribution in [3.05, 3.63) is 54.6 Å². The number of para-hydroxylation sites is 1. The Bertz CT molecular complexity index is 860. The highest BCUT2D eigenvalue weighted by Gasteiger charge is 2.40. The summed E-state index contributed by atoms with van der Waals surface area (Å²) in [6, 6.07) is 15.3. The van der Waals surface area contributed by atoms with Crippen LogP contribution in [0.4, 0.5) is 5.69 Å². The molecule has 1 N–H and O–H groups in total. The third-order valence-corrected chi connectivity index (χ3v) is 5.09. The van der Waals surface area contributed by atoms with Gasteiger partial charge in [-0.25, -0.2) is 0 Å². The zero-order chi connectivity index (χ0) is 13.8. The maximum Gasteiger partial charge on any atom is 0.135 e. The Labute approximate surface area is 123 Å². The molecule has 2 nitrogen and oxygen atoms in total. The van der Waals surface area contributed by atoms with Gasteiger partial charge in [0.15, 0.2) is 0 Å². The van der Waals surface area contributed by atoms with Gasteiger partial charge in [-0.3, -0.25) is 0 Å². The molecule has 1 aromatic heterocycles. The topological polar surface area (TPSA) is 25.2 Å². The highest BCUT2D eigenvalue weighted by molar-refractivity contribution is 6.05. The van der Waals surface area contributed by atoms with Crippen LogP contribution < -0.4 is 5.32 Å². The van der Waals surface area contributed by atoms with Crippen LogP contribution in [0.25, 0.3) is 21.9 Å². The Hall–Kier alpha value is -2.22. The van der Waals surface area contributed by atoms with Crippen LogP contribution in [0.5, 0.6) is 0 Å². The van der Waals surface area contributed by atoms with Gasteiger partial charge in [-0.05, 0) is 43.0 Å². The number of hydrogen-bond donors (Lipinski definition) is 1. The second kappa shape index (κ2) is 4.14. The van der Waals surface area contributed by atoms with Gasteiger partial charge in [0.2, 0.25) is 0 Å². The van der Waals surface area contributed by atoms with E-state index in [4.69, 9.17) is 4.42 Å². The zero-order valence-corrected chi connectivity index (χ0v) is 11.8. The summed E-state index contributed by atoms with van der Waals surface area (Å²) in [6.07, 6.45) is 7.29. The Morgan fingerprint density at radius 2 is 1.90 bits per heavy atom. The van der Waals surface area contributed by atoms with Gasteiger partial charge in [-0.1, -0.05) is 30.4 Å². The van der Waals surface area contributed by atoms with E-state index in [0.29, 0.717) is 6.04 Å². The lowest BCUT2D eigenvalue weighted by Gasteiger charge is -2.41. The summed E-state index contributed by atoms with van der Waals surface area (Å²) in [5.41, 5.74) is 3.14. The molecule has 5 rings (SSSR count). The number of allylic oxidation sites excluding steroid dienone is 1. The van der Waals surface area contributed by atoms with E-state index in [9.17, 15) is 0 Å². The fraction of sp³-hybridized carbons (Fsp3) is 0.263. The predicted octanol–water partition coefficient (Wildman–Crippen LogP) is 4.96. The minimum absolute atomic E-state index is 0.601. The van der Waals surface area contributed by atoms with Crippen molar-refractivity contribution in [3.63, 3.8) is 0 Å². The van der Waals surface area contributed by atoms with E-state index >= 15 is 0 Å². The molecule has 3 unspecified atom stereocenters. The van der Waals surface area contributed by atoms with E-state index in [1.54, 1.807) is 0 Å². The molecule has 0 amide bonds. The number of hydrogen-bond acceptors (Lipinski definition) is 2. The maximum absolute atomic E-state index is 5.88. The third-order valence-electron chi connectivity index (χ3n) is 5.09. The predicted molar refractivity (Wildman–Crippen MR) is 86.5 cm³/mol. The van der Waals surface area contributed by atoms with E-state index in [2.05, 4.69) is 47.8 Å². The first-order valence-corrected chi connectivity index (χ1v) is 7.73. The van der Waals surface area contributed by atoms with Crippen LogP contribution in [0.1, 0.15) is 12.8 Å². The van der Waals surface area contributed by atoms with Gasteiger partial charge in [0.05, 0.1) is 0 Å². The average Bonchev–Trinajstić information content (AvgIpc) is 3.05. The summed E-state index contributed by atoms with van der Waals surface area (Å²) in [5, 5.41) is 6.10. The van der Waals surface area contributed by atoms with Gasteiger partial charge >= 0.3 is 0 Å². The zero-order valence-electron chi connectivity index (χ0n) is 11.8. The molecule has 0 saturated heterocycles. The van der Waals surface area contributed by atoms with Crippen molar-refractivity contribution < 1.29 is 4.42 Å². The first-order chi connectivity index (χ1) is 10.4. The van der Waals surface area contributed by atoms with Crippen LogP contribution in [0.3, 0.4) is 0 Å². The molecule has 1 fully saturated rings. The van der Waals surface area contributed by atoms with Crippen LogP contribution in [-0.2, 0) is 0 Å². The molecule has 0 bridgehead atoms. The van der Waals surface area contributed by atoms with Crippen LogP contribution >= 0.6 is 0 Å². The van der Waals surface area contributed by atoms with Crippen LogP contribution in [0.15, 0.2) is 59.0 Å². The molecule has 2 heteroatoms. The first kappa shape index (κ1) is 11.4.